The average Bonchev–Trinajstić information content (AvgIpc) is 3.18. The van der Waals surface area contributed by atoms with Crippen molar-refractivity contribution in [2.24, 2.45) is 34.0 Å². The van der Waals surface area contributed by atoms with Crippen LogP contribution in [0.5, 0.6) is 5.75 Å². The van der Waals surface area contributed by atoms with Gasteiger partial charge in [0.05, 0.1) is 6.10 Å². The monoisotopic (exact) mass is 483 g/mol. The van der Waals surface area contributed by atoms with Crippen LogP contribution in [0.2, 0.25) is 0 Å². The fourth-order valence-electron chi connectivity index (χ4n) is 7.44. The molecule has 0 unspecified atom stereocenters. The van der Waals surface area contributed by atoms with Crippen LogP contribution in [0.1, 0.15) is 70.2 Å². The molecule has 3 N–H and O–H groups in total. The number of imide groups is 1. The van der Waals surface area contributed by atoms with E-state index in [1.165, 1.54) is 24.3 Å². The van der Waals surface area contributed by atoms with Crippen LogP contribution in [-0.2, 0) is 9.53 Å². The lowest BCUT2D eigenvalue weighted by Gasteiger charge is -2.61. The van der Waals surface area contributed by atoms with E-state index >= 15 is 0 Å². The number of hydrogen-bond donors (Lipinski definition) is 3. The van der Waals surface area contributed by atoms with Crippen LogP contribution in [0.4, 0.5) is 4.79 Å². The number of benzene rings is 1. The summed E-state index contributed by atoms with van der Waals surface area (Å²) < 4.78 is 6.00. The number of phenolic OH excluding ortho intramolecular Hbond substituents is 1. The van der Waals surface area contributed by atoms with Crippen molar-refractivity contribution in [1.29, 1.82) is 0 Å². The Balaban J connectivity index is 1.70. The molecule has 1 aromatic rings. The maximum absolute atomic E-state index is 13.4. The third-order valence-corrected chi connectivity index (χ3v) is 9.90. The molecule has 4 rings (SSSR count). The smallest absolute Gasteiger partial charge is 0.414 e. The summed E-state index contributed by atoms with van der Waals surface area (Å²) in [5.74, 6) is -0.796. The zero-order chi connectivity index (χ0) is 25.8. The van der Waals surface area contributed by atoms with Gasteiger partial charge < -0.3 is 14.9 Å². The van der Waals surface area contributed by atoms with E-state index in [1.807, 2.05) is 13.8 Å². The lowest BCUT2D eigenvalue weighted by atomic mass is 9.44. The number of aliphatic hydroxyl groups excluding tert-OH is 1. The quantitative estimate of drug-likeness (QED) is 0.541. The minimum absolute atomic E-state index is 0.0130. The van der Waals surface area contributed by atoms with Gasteiger partial charge in [-0.15, -0.1) is 6.58 Å². The lowest BCUT2D eigenvalue weighted by Crippen LogP contribution is -2.63. The number of aromatic hydroxyl groups is 1. The van der Waals surface area contributed by atoms with E-state index in [2.05, 4.69) is 25.7 Å². The van der Waals surface area contributed by atoms with Gasteiger partial charge >= 0.3 is 6.09 Å². The van der Waals surface area contributed by atoms with Crippen LogP contribution >= 0.6 is 0 Å². The number of Topliss-reactive ketones (excluding diaryl/α,β-unsaturated/α-hetero) is 1. The molecular formula is C28H37NO6. The summed E-state index contributed by atoms with van der Waals surface area (Å²) in [6, 6.07) is 5.55. The van der Waals surface area contributed by atoms with Crippen molar-refractivity contribution in [2.45, 2.75) is 72.0 Å². The summed E-state index contributed by atoms with van der Waals surface area (Å²) in [6.45, 7) is 12.1. The number of hydrogen-bond acceptors (Lipinski definition) is 6. The van der Waals surface area contributed by atoms with E-state index in [0.717, 1.165) is 19.3 Å². The van der Waals surface area contributed by atoms with Crippen molar-refractivity contribution in [2.75, 3.05) is 0 Å². The van der Waals surface area contributed by atoms with Gasteiger partial charge in [-0.3, -0.25) is 14.9 Å². The average molecular weight is 484 g/mol. The van der Waals surface area contributed by atoms with E-state index in [4.69, 9.17) is 4.74 Å². The molecule has 8 atom stereocenters. The van der Waals surface area contributed by atoms with Crippen LogP contribution in [0, 0.1) is 34.0 Å². The normalized spacial score (nSPS) is 40.7. The zero-order valence-corrected chi connectivity index (χ0v) is 21.0. The molecule has 0 spiro atoms. The van der Waals surface area contributed by atoms with Gasteiger partial charge in [0.15, 0.2) is 0 Å². The second-order valence-corrected chi connectivity index (χ2v) is 11.5. The Hall–Kier alpha value is -2.67. The Morgan fingerprint density at radius 2 is 1.83 bits per heavy atom. The minimum Gasteiger partial charge on any atom is -0.508 e. The number of carbonyl (C=O) groups is 3. The standard InChI is InChI=1S/C28H37NO6/c1-6-26(4)15-21(35-25(34)29-24(33)18-7-9-19(30)10-8-18)27(5)16(2)11-13-28(17(3)23(26)32)14-12-20(31)22(27)28/h6-10,16-17,21-23,30,32H,1,11-15H2,2-5H3,(H,29,33,34)/t16-,17+,21-,22-,23+,26-,27+,28+/m1/s1. The summed E-state index contributed by atoms with van der Waals surface area (Å²) in [7, 11) is 0. The summed E-state index contributed by atoms with van der Waals surface area (Å²) in [5.41, 5.74) is -1.54. The van der Waals surface area contributed by atoms with E-state index < -0.39 is 35.0 Å². The Bertz CT molecular complexity index is 1040. The first-order chi connectivity index (χ1) is 16.4. The first-order valence-corrected chi connectivity index (χ1v) is 12.5. The molecule has 3 saturated carbocycles. The number of nitrogens with one attached hydrogen (secondary N) is 1. The third-order valence-electron chi connectivity index (χ3n) is 9.90. The minimum atomic E-state index is -0.891. The molecule has 2 amide bonds. The van der Waals surface area contributed by atoms with Crippen LogP contribution in [-0.4, -0.2) is 40.2 Å². The van der Waals surface area contributed by atoms with Gasteiger partial charge in [-0.25, -0.2) is 4.79 Å². The molecule has 3 fully saturated rings. The van der Waals surface area contributed by atoms with Crippen molar-refractivity contribution in [3.8, 4) is 5.75 Å². The Morgan fingerprint density at radius 1 is 1.17 bits per heavy atom. The predicted octanol–water partition coefficient (Wildman–Crippen LogP) is 4.62. The fourth-order valence-corrected chi connectivity index (χ4v) is 7.44. The molecule has 2 bridgehead atoms. The predicted molar refractivity (Wildman–Crippen MR) is 131 cm³/mol. The van der Waals surface area contributed by atoms with Crippen molar-refractivity contribution in [3.05, 3.63) is 42.5 Å². The van der Waals surface area contributed by atoms with Gasteiger partial charge in [0.25, 0.3) is 5.91 Å². The molecule has 35 heavy (non-hydrogen) atoms. The topological polar surface area (TPSA) is 113 Å². The summed E-state index contributed by atoms with van der Waals surface area (Å²) >= 11 is 0. The van der Waals surface area contributed by atoms with Crippen molar-refractivity contribution in [3.63, 3.8) is 0 Å². The van der Waals surface area contributed by atoms with Crippen molar-refractivity contribution in [1.82, 2.24) is 5.32 Å². The summed E-state index contributed by atoms with van der Waals surface area (Å²) in [6.07, 6.45) is 2.60. The number of amides is 2. The molecule has 0 aromatic heterocycles. The van der Waals surface area contributed by atoms with E-state index in [-0.39, 0.29) is 40.3 Å². The third kappa shape index (κ3) is 3.88. The highest BCUT2D eigenvalue weighted by Crippen LogP contribution is 2.67. The highest BCUT2D eigenvalue weighted by Gasteiger charge is 2.68. The number of ketones is 1. The second-order valence-electron chi connectivity index (χ2n) is 11.5. The molecule has 3 aliphatic rings. The van der Waals surface area contributed by atoms with Gasteiger partial charge in [0.1, 0.15) is 17.6 Å². The summed E-state index contributed by atoms with van der Waals surface area (Å²) in [5, 5.41) is 23.3. The Labute approximate surface area is 206 Å². The van der Waals surface area contributed by atoms with E-state index in [9.17, 15) is 24.6 Å². The molecular weight excluding hydrogens is 446 g/mol. The number of alkyl carbamates (subject to hydrolysis) is 1. The molecule has 1 aromatic carbocycles. The largest absolute Gasteiger partial charge is 0.508 e. The van der Waals surface area contributed by atoms with E-state index in [0.29, 0.717) is 12.8 Å². The van der Waals surface area contributed by atoms with Crippen molar-refractivity contribution >= 4 is 17.8 Å². The number of ether oxygens (including phenoxy) is 1. The van der Waals surface area contributed by atoms with Gasteiger partial charge in [0.2, 0.25) is 0 Å². The van der Waals surface area contributed by atoms with Gasteiger partial charge in [0, 0.05) is 28.7 Å². The first kappa shape index (κ1) is 25.4. The van der Waals surface area contributed by atoms with Crippen LogP contribution in [0.25, 0.3) is 0 Å². The van der Waals surface area contributed by atoms with Crippen molar-refractivity contribution < 1.29 is 29.3 Å². The molecule has 0 saturated heterocycles. The molecule has 3 aliphatic carbocycles. The van der Waals surface area contributed by atoms with Gasteiger partial charge in [-0.2, -0.15) is 0 Å². The second kappa shape index (κ2) is 8.77. The van der Waals surface area contributed by atoms with E-state index in [1.54, 1.807) is 6.08 Å². The molecule has 0 aliphatic heterocycles. The highest BCUT2D eigenvalue weighted by atomic mass is 16.6. The Kier molecular flexibility index (Phi) is 6.37. The number of carbonyl (C=O) groups excluding carboxylic acids is 3. The molecule has 0 heterocycles. The first-order valence-electron chi connectivity index (χ1n) is 12.5. The molecule has 7 nitrogen and oxygen atoms in total. The highest BCUT2D eigenvalue weighted by molar-refractivity contribution is 6.02. The number of aliphatic hydroxyl groups is 1. The summed E-state index contributed by atoms with van der Waals surface area (Å²) in [4.78, 5) is 39.0. The fraction of sp³-hybridized carbons (Fsp3) is 0.607. The molecule has 190 valence electrons. The zero-order valence-electron chi connectivity index (χ0n) is 21.0. The SMILES string of the molecule is C=C[C@]1(C)C[C@@H](OC(=O)NC(=O)c2ccc(O)cc2)[C@]2(C)[C@H](C)CC[C@]3(CCC(=O)[C@@H]32)[C@@H](C)[C@@H]1O. The Morgan fingerprint density at radius 3 is 2.46 bits per heavy atom. The van der Waals surface area contributed by atoms with Gasteiger partial charge in [-0.1, -0.05) is 33.8 Å². The molecule has 7 heteroatoms. The maximum atomic E-state index is 13.4. The van der Waals surface area contributed by atoms with Crippen LogP contribution in [0.3, 0.4) is 0 Å². The van der Waals surface area contributed by atoms with Crippen LogP contribution < -0.4 is 5.32 Å². The maximum Gasteiger partial charge on any atom is 0.414 e. The number of rotatable bonds is 3. The van der Waals surface area contributed by atoms with Gasteiger partial charge in [-0.05, 0) is 67.2 Å². The molecule has 0 radical (unpaired) electrons. The number of phenols is 1. The van der Waals surface area contributed by atoms with Crippen LogP contribution in [0.15, 0.2) is 36.9 Å². The lowest BCUT2D eigenvalue weighted by molar-refractivity contribution is -0.191.